The molecule has 1 fully saturated rings. The topological polar surface area (TPSA) is 49.4 Å². The van der Waals surface area contributed by atoms with Crippen molar-refractivity contribution in [1.82, 2.24) is 10.2 Å². The van der Waals surface area contributed by atoms with E-state index in [-0.39, 0.29) is 17.7 Å². The number of nitrogens with zero attached hydrogens (tertiary/aromatic N) is 1. The quantitative estimate of drug-likeness (QED) is 0.700. The molecule has 1 N–H and O–H groups in total. The fraction of sp³-hybridized carbons (Fsp3) is 0.478. The Kier molecular flexibility index (Phi) is 7.26. The molecule has 3 rings (SSSR count). The average molecular weight is 399 g/mol. The summed E-state index contributed by atoms with van der Waals surface area (Å²) in [5.41, 5.74) is 2.67. The molecule has 0 saturated carbocycles. The summed E-state index contributed by atoms with van der Waals surface area (Å²) in [6.45, 7) is 6.35. The lowest BCUT2D eigenvalue weighted by Gasteiger charge is -2.31. The number of amides is 2. The lowest BCUT2D eigenvalue weighted by atomic mass is 9.96. The molecule has 28 heavy (non-hydrogen) atoms. The Labute approximate surface area is 172 Å². The van der Waals surface area contributed by atoms with Crippen LogP contribution >= 0.6 is 11.3 Å². The third kappa shape index (κ3) is 5.44. The van der Waals surface area contributed by atoms with Crippen LogP contribution in [-0.2, 0) is 11.2 Å². The van der Waals surface area contributed by atoms with Crippen molar-refractivity contribution < 1.29 is 9.59 Å². The smallest absolute Gasteiger partial charge is 0.263 e. The Morgan fingerprint density at radius 3 is 2.68 bits per heavy atom. The van der Waals surface area contributed by atoms with Crippen LogP contribution in [0.15, 0.2) is 41.8 Å². The van der Waals surface area contributed by atoms with E-state index >= 15 is 0 Å². The van der Waals surface area contributed by atoms with E-state index in [2.05, 4.69) is 43.4 Å². The van der Waals surface area contributed by atoms with E-state index in [0.29, 0.717) is 19.0 Å². The molecule has 2 heterocycles. The maximum absolute atomic E-state index is 12.5. The zero-order chi connectivity index (χ0) is 19.9. The molecule has 2 aromatic rings. The normalized spacial score (nSPS) is 17.0. The summed E-state index contributed by atoms with van der Waals surface area (Å²) in [6.07, 6.45) is 3.64. The second-order valence-electron chi connectivity index (χ2n) is 7.86. The van der Waals surface area contributed by atoms with Gasteiger partial charge in [-0.3, -0.25) is 9.59 Å². The van der Waals surface area contributed by atoms with Crippen LogP contribution in [0.1, 0.15) is 59.8 Å². The molecule has 5 heteroatoms. The Morgan fingerprint density at radius 2 is 2.00 bits per heavy atom. The molecule has 1 aromatic heterocycles. The number of piperidine rings is 1. The summed E-state index contributed by atoms with van der Waals surface area (Å²) in [6, 6.07) is 12.5. The largest absolute Gasteiger partial charge is 0.356 e. The fourth-order valence-corrected chi connectivity index (χ4v) is 4.34. The van der Waals surface area contributed by atoms with Crippen LogP contribution in [0.2, 0.25) is 0 Å². The lowest BCUT2D eigenvalue weighted by molar-refractivity contribution is -0.126. The van der Waals surface area contributed by atoms with E-state index in [1.807, 2.05) is 22.4 Å². The Hall–Kier alpha value is -2.14. The molecule has 0 spiro atoms. The van der Waals surface area contributed by atoms with Crippen LogP contribution in [0.3, 0.4) is 0 Å². The minimum absolute atomic E-state index is 0.0531. The second-order valence-corrected chi connectivity index (χ2v) is 8.81. The van der Waals surface area contributed by atoms with E-state index in [0.717, 1.165) is 37.1 Å². The molecule has 4 nitrogen and oxygen atoms in total. The zero-order valence-corrected chi connectivity index (χ0v) is 17.6. The molecule has 1 aliphatic rings. The summed E-state index contributed by atoms with van der Waals surface area (Å²) in [7, 11) is 0. The number of thiophene rings is 1. The number of benzene rings is 1. The van der Waals surface area contributed by atoms with Gasteiger partial charge in [-0.2, -0.15) is 0 Å². The average Bonchev–Trinajstić information content (AvgIpc) is 3.26. The molecular weight excluding hydrogens is 368 g/mol. The van der Waals surface area contributed by atoms with Crippen molar-refractivity contribution in [2.24, 2.45) is 5.92 Å². The number of nitrogens with one attached hydrogen (secondary N) is 1. The van der Waals surface area contributed by atoms with Gasteiger partial charge >= 0.3 is 0 Å². The van der Waals surface area contributed by atoms with Gasteiger partial charge in [-0.05, 0) is 54.2 Å². The molecule has 0 radical (unpaired) electrons. The number of rotatable bonds is 7. The number of likely N-dealkylation sites (tertiary alicyclic amines) is 1. The van der Waals surface area contributed by atoms with Crippen molar-refractivity contribution in [2.75, 3.05) is 19.6 Å². The van der Waals surface area contributed by atoms with E-state index in [9.17, 15) is 9.59 Å². The van der Waals surface area contributed by atoms with Crippen LogP contribution in [0.4, 0.5) is 0 Å². The van der Waals surface area contributed by atoms with Gasteiger partial charge in [0.05, 0.1) is 10.8 Å². The number of hydrogen-bond acceptors (Lipinski definition) is 3. The minimum Gasteiger partial charge on any atom is -0.356 e. The van der Waals surface area contributed by atoms with Crippen LogP contribution < -0.4 is 5.32 Å². The maximum Gasteiger partial charge on any atom is 0.263 e. The van der Waals surface area contributed by atoms with Gasteiger partial charge in [0.25, 0.3) is 5.91 Å². The number of carbonyl (C=O) groups is 2. The Balaban J connectivity index is 1.41. The second kappa shape index (κ2) is 9.87. The van der Waals surface area contributed by atoms with Gasteiger partial charge in [0.1, 0.15) is 0 Å². The highest BCUT2D eigenvalue weighted by Crippen LogP contribution is 2.21. The van der Waals surface area contributed by atoms with Crippen LogP contribution in [0.25, 0.3) is 0 Å². The predicted octanol–water partition coefficient (Wildman–Crippen LogP) is 4.47. The summed E-state index contributed by atoms with van der Waals surface area (Å²) >= 11 is 1.46. The fourth-order valence-electron chi connectivity index (χ4n) is 3.65. The molecule has 0 bridgehead atoms. The van der Waals surface area contributed by atoms with Crippen molar-refractivity contribution in [2.45, 2.75) is 45.4 Å². The van der Waals surface area contributed by atoms with Crippen LogP contribution in [0, 0.1) is 5.92 Å². The van der Waals surface area contributed by atoms with Crippen molar-refractivity contribution in [3.63, 3.8) is 0 Å². The molecular formula is C23H30N2O2S. The van der Waals surface area contributed by atoms with Gasteiger partial charge in [0, 0.05) is 19.6 Å². The Morgan fingerprint density at radius 1 is 1.21 bits per heavy atom. The van der Waals surface area contributed by atoms with Gasteiger partial charge in [0.15, 0.2) is 0 Å². The van der Waals surface area contributed by atoms with E-state index in [1.165, 1.54) is 22.5 Å². The highest BCUT2D eigenvalue weighted by atomic mass is 32.1. The molecule has 1 aliphatic heterocycles. The van der Waals surface area contributed by atoms with Gasteiger partial charge in [-0.1, -0.05) is 44.2 Å². The first-order chi connectivity index (χ1) is 13.5. The molecule has 0 aliphatic carbocycles. The first-order valence-electron chi connectivity index (χ1n) is 10.2. The van der Waals surface area contributed by atoms with Gasteiger partial charge < -0.3 is 10.2 Å². The van der Waals surface area contributed by atoms with Crippen molar-refractivity contribution in [3.05, 3.63) is 57.8 Å². The van der Waals surface area contributed by atoms with Gasteiger partial charge in [-0.25, -0.2) is 0 Å². The molecule has 1 atom stereocenters. The first-order valence-corrected chi connectivity index (χ1v) is 11.1. The maximum atomic E-state index is 12.5. The predicted molar refractivity (Wildman–Crippen MR) is 115 cm³/mol. The van der Waals surface area contributed by atoms with Crippen molar-refractivity contribution in [1.29, 1.82) is 0 Å². The zero-order valence-electron chi connectivity index (χ0n) is 16.8. The molecule has 1 aromatic carbocycles. The highest BCUT2D eigenvalue weighted by Gasteiger charge is 2.29. The third-order valence-corrected chi connectivity index (χ3v) is 6.26. The first kappa shape index (κ1) is 20.6. The van der Waals surface area contributed by atoms with Gasteiger partial charge in [-0.15, -0.1) is 11.3 Å². The molecule has 1 unspecified atom stereocenters. The monoisotopic (exact) mass is 398 g/mol. The van der Waals surface area contributed by atoms with Crippen molar-refractivity contribution in [3.8, 4) is 0 Å². The SMILES string of the molecule is CC(C)c1ccc(CCCNC(=O)C2CCCN(C(=O)c3cccs3)C2)cc1. The van der Waals surface area contributed by atoms with Gasteiger partial charge in [0.2, 0.25) is 5.91 Å². The van der Waals surface area contributed by atoms with Crippen LogP contribution in [0.5, 0.6) is 0 Å². The van der Waals surface area contributed by atoms with Crippen LogP contribution in [-0.4, -0.2) is 36.3 Å². The third-order valence-electron chi connectivity index (χ3n) is 5.40. The summed E-state index contributed by atoms with van der Waals surface area (Å²) in [4.78, 5) is 27.6. The minimum atomic E-state index is -0.0945. The van der Waals surface area contributed by atoms with E-state index in [1.54, 1.807) is 0 Å². The van der Waals surface area contributed by atoms with Crippen molar-refractivity contribution >= 4 is 23.2 Å². The summed E-state index contributed by atoms with van der Waals surface area (Å²) < 4.78 is 0. The summed E-state index contributed by atoms with van der Waals surface area (Å²) in [5, 5.41) is 4.99. The molecule has 1 saturated heterocycles. The van der Waals surface area contributed by atoms with E-state index < -0.39 is 0 Å². The highest BCUT2D eigenvalue weighted by molar-refractivity contribution is 7.12. The Bertz CT molecular complexity index is 768. The number of hydrogen-bond donors (Lipinski definition) is 1. The standard InChI is InChI=1S/C23H30N2O2S/c1-17(2)19-11-9-18(10-12-19)6-3-13-24-22(26)20-7-4-14-25(16-20)23(27)21-8-5-15-28-21/h5,8-12,15,17,20H,3-4,6-7,13-14,16H2,1-2H3,(H,24,26). The summed E-state index contributed by atoms with van der Waals surface area (Å²) in [5.74, 6) is 0.592. The molecule has 2 amide bonds. The van der Waals surface area contributed by atoms with E-state index in [4.69, 9.17) is 0 Å². The molecule has 150 valence electrons. The lowest BCUT2D eigenvalue weighted by Crippen LogP contribution is -2.45. The number of aryl methyl sites for hydroxylation is 1. The number of carbonyl (C=O) groups excluding carboxylic acids is 2.